The molecule has 14 nitrogen and oxygen atoms in total. The largest absolute Gasteiger partial charge is 0.465 e. The van der Waals surface area contributed by atoms with Crippen molar-refractivity contribution in [1.82, 2.24) is 40.0 Å². The molecule has 52 heavy (non-hydrogen) atoms. The summed E-state index contributed by atoms with van der Waals surface area (Å²) in [5, 5.41) is 12.3. The monoisotopic (exact) mass is 712 g/mol. The van der Waals surface area contributed by atoms with Crippen molar-refractivity contribution in [3.63, 3.8) is 0 Å². The van der Waals surface area contributed by atoms with Crippen LogP contribution in [0.4, 0.5) is 9.59 Å². The molecule has 2 aliphatic rings. The standard InChI is InChI=1S/C38H48N8O6/c1-21(2)31(43-37(49)52-6)35(47)45-17-7-9-29(45)33-39-20-28(42-33)24-13-11-23(12-14-24)25-15-16-26-27(19-25)41-34(40-26)30-10-8-18-46(30)36(48)32(22(3)4)44(5)38(50)51/h11-16,19-22,29-32H,7-10,17-18H2,1-6H3,(H,39,42)(H,40,41)(H,43,49)(H,50,51)/t29?,30-,31-,32-/m0/s1. The molecule has 1 unspecified atom stereocenters. The summed E-state index contributed by atoms with van der Waals surface area (Å²) >= 11 is 0. The van der Waals surface area contributed by atoms with E-state index >= 15 is 0 Å². The van der Waals surface area contributed by atoms with Gasteiger partial charge in [0.25, 0.3) is 0 Å². The van der Waals surface area contributed by atoms with E-state index in [-0.39, 0.29) is 35.7 Å². The fourth-order valence-electron chi connectivity index (χ4n) is 7.56. The van der Waals surface area contributed by atoms with E-state index in [2.05, 4.69) is 26.3 Å². The first-order valence-corrected chi connectivity index (χ1v) is 17.9. The Morgan fingerprint density at radius 2 is 1.48 bits per heavy atom. The number of aromatic nitrogens is 4. The van der Waals surface area contributed by atoms with Gasteiger partial charge in [0, 0.05) is 20.1 Å². The first kappa shape index (κ1) is 36.4. The lowest BCUT2D eigenvalue weighted by Crippen LogP contribution is -2.51. The maximum atomic E-state index is 13.6. The summed E-state index contributed by atoms with van der Waals surface area (Å²) in [4.78, 5) is 71.9. The number of rotatable bonds is 10. The Kier molecular flexibility index (Phi) is 10.5. The number of fused-ring (bicyclic) bond motifs is 1. The zero-order valence-electron chi connectivity index (χ0n) is 30.6. The number of aromatic amines is 2. The van der Waals surface area contributed by atoms with Crippen LogP contribution in [0.15, 0.2) is 48.7 Å². The van der Waals surface area contributed by atoms with Gasteiger partial charge in [0.1, 0.15) is 23.7 Å². The van der Waals surface area contributed by atoms with Crippen LogP contribution in [0.2, 0.25) is 0 Å². The Balaban J connectivity index is 1.17. The lowest BCUT2D eigenvalue weighted by atomic mass is 10.0. The number of likely N-dealkylation sites (N-methyl/N-ethyl adjacent to an activating group) is 1. The van der Waals surface area contributed by atoms with E-state index in [1.54, 1.807) is 16.0 Å². The second-order valence-electron chi connectivity index (χ2n) is 14.4. The fraction of sp³-hybridized carbons (Fsp3) is 0.474. The van der Waals surface area contributed by atoms with Crippen molar-refractivity contribution in [3.05, 3.63) is 60.3 Å². The summed E-state index contributed by atoms with van der Waals surface area (Å²) in [6.07, 6.45) is 3.20. The van der Waals surface area contributed by atoms with Crippen molar-refractivity contribution >= 4 is 35.0 Å². The molecule has 0 spiro atoms. The molecule has 6 rings (SSSR count). The number of carboxylic acid groups (broad SMARTS) is 1. The Hall–Kier alpha value is -5.40. The van der Waals surface area contributed by atoms with E-state index in [1.807, 2.05) is 64.1 Å². The van der Waals surface area contributed by atoms with E-state index < -0.39 is 24.3 Å². The average Bonchev–Trinajstić information content (AvgIpc) is 3.95. The summed E-state index contributed by atoms with van der Waals surface area (Å²) in [6.45, 7) is 8.65. The summed E-state index contributed by atoms with van der Waals surface area (Å²) in [5.41, 5.74) is 5.46. The topological polar surface area (TPSA) is 177 Å². The van der Waals surface area contributed by atoms with Crippen LogP contribution < -0.4 is 5.32 Å². The summed E-state index contributed by atoms with van der Waals surface area (Å²) in [7, 11) is 2.73. The van der Waals surface area contributed by atoms with Crippen molar-refractivity contribution in [2.24, 2.45) is 11.8 Å². The molecule has 2 aromatic carbocycles. The first-order valence-electron chi connectivity index (χ1n) is 17.9. The van der Waals surface area contributed by atoms with Crippen molar-refractivity contribution in [3.8, 4) is 22.4 Å². The highest BCUT2D eigenvalue weighted by Crippen LogP contribution is 2.35. The maximum absolute atomic E-state index is 13.6. The molecule has 0 radical (unpaired) electrons. The highest BCUT2D eigenvalue weighted by atomic mass is 16.5. The normalized spacial score (nSPS) is 18.6. The maximum Gasteiger partial charge on any atom is 0.407 e. The summed E-state index contributed by atoms with van der Waals surface area (Å²) in [5.74, 6) is 0.774. The molecule has 0 saturated carbocycles. The number of hydrogen-bond acceptors (Lipinski definition) is 7. The summed E-state index contributed by atoms with van der Waals surface area (Å²) < 4.78 is 4.75. The van der Waals surface area contributed by atoms with Gasteiger partial charge in [-0.2, -0.15) is 0 Å². The molecule has 0 bridgehead atoms. The van der Waals surface area contributed by atoms with Gasteiger partial charge in [0.2, 0.25) is 11.8 Å². The molecule has 4 atom stereocenters. The SMILES string of the molecule is COC(=O)N[C@H](C(=O)N1CCCC1c1ncc(-c2ccc(-c3ccc4nc([C@@H]5CCCN5C(=O)[C@H](C(C)C)N(C)C(=O)O)[nH]c4c3)cc2)[nH]1)C(C)C. The average molecular weight is 713 g/mol. The molecule has 2 aromatic heterocycles. The van der Waals surface area contributed by atoms with Crippen LogP contribution in [-0.4, -0.2) is 103 Å². The predicted molar refractivity (Wildman–Crippen MR) is 195 cm³/mol. The Bertz CT molecular complexity index is 1930. The van der Waals surface area contributed by atoms with Crippen molar-refractivity contribution in [2.45, 2.75) is 77.5 Å². The van der Waals surface area contributed by atoms with Gasteiger partial charge < -0.3 is 34.9 Å². The quantitative estimate of drug-likeness (QED) is 0.156. The van der Waals surface area contributed by atoms with Gasteiger partial charge in [-0.3, -0.25) is 14.5 Å². The molecule has 4 amide bonds. The summed E-state index contributed by atoms with van der Waals surface area (Å²) in [6, 6.07) is 12.3. The number of carbonyl (C=O) groups is 4. The van der Waals surface area contributed by atoms with Crippen LogP contribution in [0.25, 0.3) is 33.4 Å². The third-order valence-corrected chi connectivity index (χ3v) is 10.3. The molecule has 2 fully saturated rings. The molecule has 4 heterocycles. The number of benzene rings is 2. The number of methoxy groups -OCH3 is 1. The van der Waals surface area contributed by atoms with E-state index in [1.165, 1.54) is 14.2 Å². The molecule has 2 aliphatic heterocycles. The van der Waals surface area contributed by atoms with Gasteiger partial charge in [-0.25, -0.2) is 19.6 Å². The van der Waals surface area contributed by atoms with Crippen LogP contribution in [-0.2, 0) is 14.3 Å². The third-order valence-electron chi connectivity index (χ3n) is 10.3. The van der Waals surface area contributed by atoms with Crippen LogP contribution in [0.1, 0.15) is 77.1 Å². The minimum Gasteiger partial charge on any atom is -0.465 e. The van der Waals surface area contributed by atoms with Gasteiger partial charge in [-0.15, -0.1) is 0 Å². The number of alkyl carbamates (subject to hydrolysis) is 1. The number of hydrogen-bond donors (Lipinski definition) is 4. The Morgan fingerprint density at radius 1 is 0.865 bits per heavy atom. The molecule has 276 valence electrons. The smallest absolute Gasteiger partial charge is 0.407 e. The van der Waals surface area contributed by atoms with Gasteiger partial charge in [-0.1, -0.05) is 58.0 Å². The van der Waals surface area contributed by atoms with Crippen LogP contribution in [0.5, 0.6) is 0 Å². The molecular weight excluding hydrogens is 664 g/mol. The highest BCUT2D eigenvalue weighted by molar-refractivity contribution is 5.87. The molecule has 0 aliphatic carbocycles. The lowest BCUT2D eigenvalue weighted by molar-refractivity contribution is -0.138. The van der Waals surface area contributed by atoms with Crippen LogP contribution >= 0.6 is 0 Å². The molecule has 2 saturated heterocycles. The zero-order chi connectivity index (χ0) is 37.3. The number of H-pyrrole nitrogens is 2. The van der Waals surface area contributed by atoms with Gasteiger partial charge in [0.05, 0.1) is 42.1 Å². The number of nitrogens with one attached hydrogen (secondary N) is 3. The second-order valence-corrected chi connectivity index (χ2v) is 14.4. The van der Waals surface area contributed by atoms with Gasteiger partial charge in [-0.05, 0) is 66.3 Å². The number of imidazole rings is 2. The second kappa shape index (κ2) is 15.1. The van der Waals surface area contributed by atoms with Gasteiger partial charge in [0.15, 0.2) is 0 Å². The Morgan fingerprint density at radius 3 is 2.10 bits per heavy atom. The van der Waals surface area contributed by atoms with Crippen LogP contribution in [0, 0.1) is 11.8 Å². The number of ether oxygens (including phenoxy) is 1. The Labute approximate surface area is 302 Å². The molecule has 4 aromatic rings. The lowest BCUT2D eigenvalue weighted by Gasteiger charge is -2.33. The first-order chi connectivity index (χ1) is 24.9. The van der Waals surface area contributed by atoms with Crippen molar-refractivity contribution in [1.29, 1.82) is 0 Å². The molecule has 4 N–H and O–H groups in total. The number of nitrogens with zero attached hydrogens (tertiary/aromatic N) is 5. The minimum absolute atomic E-state index is 0.111. The van der Waals surface area contributed by atoms with Crippen molar-refractivity contribution < 1.29 is 29.0 Å². The minimum atomic E-state index is -1.13. The number of likely N-dealkylation sites (tertiary alicyclic amines) is 2. The fourth-order valence-corrected chi connectivity index (χ4v) is 7.56. The van der Waals surface area contributed by atoms with E-state index in [9.17, 15) is 24.3 Å². The molecular formula is C38H48N8O6. The van der Waals surface area contributed by atoms with Crippen molar-refractivity contribution in [2.75, 3.05) is 27.2 Å². The van der Waals surface area contributed by atoms with E-state index in [0.29, 0.717) is 24.7 Å². The van der Waals surface area contributed by atoms with E-state index in [4.69, 9.17) is 9.72 Å². The number of amides is 4. The molecule has 14 heteroatoms. The van der Waals surface area contributed by atoms with E-state index in [0.717, 1.165) is 64.0 Å². The zero-order valence-corrected chi connectivity index (χ0v) is 30.6. The predicted octanol–water partition coefficient (Wildman–Crippen LogP) is 5.96. The van der Waals surface area contributed by atoms with Crippen LogP contribution in [0.3, 0.4) is 0 Å². The third kappa shape index (κ3) is 7.19. The highest BCUT2D eigenvalue weighted by Gasteiger charge is 2.40. The number of carbonyl (C=O) groups excluding carboxylic acids is 3. The van der Waals surface area contributed by atoms with Gasteiger partial charge >= 0.3 is 12.2 Å².